The van der Waals surface area contributed by atoms with Crippen molar-refractivity contribution in [3.05, 3.63) is 53.0 Å². The van der Waals surface area contributed by atoms with Gasteiger partial charge in [0.1, 0.15) is 5.75 Å². The summed E-state index contributed by atoms with van der Waals surface area (Å²) in [7, 11) is 0. The molecule has 1 aliphatic heterocycles. The van der Waals surface area contributed by atoms with Crippen LogP contribution in [0.2, 0.25) is 0 Å². The smallest absolute Gasteiger partial charge is 0.125 e. The van der Waals surface area contributed by atoms with Crippen LogP contribution < -0.4 is 0 Å². The second kappa shape index (κ2) is 5.66. The van der Waals surface area contributed by atoms with Gasteiger partial charge in [-0.1, -0.05) is 13.0 Å². The first-order chi connectivity index (χ1) is 12.6. The summed E-state index contributed by atoms with van der Waals surface area (Å²) in [5.41, 5.74) is 7.88. The molecule has 5 nitrogen and oxygen atoms in total. The van der Waals surface area contributed by atoms with Crippen molar-refractivity contribution in [2.24, 2.45) is 0 Å². The van der Waals surface area contributed by atoms with E-state index in [1.54, 1.807) is 6.07 Å². The number of aryl methyl sites for hydroxylation is 1. The topological polar surface area (TPSA) is 67.9 Å². The third kappa shape index (κ3) is 2.34. The van der Waals surface area contributed by atoms with Crippen LogP contribution in [0.15, 0.2) is 24.8 Å². The Morgan fingerprint density at radius 2 is 2.15 bits per heavy atom. The summed E-state index contributed by atoms with van der Waals surface area (Å²) in [6.07, 6.45) is 4.82. The molecule has 0 radical (unpaired) electrons. The van der Waals surface area contributed by atoms with Crippen LogP contribution in [0.25, 0.3) is 16.6 Å². The lowest BCUT2D eigenvalue weighted by Crippen LogP contribution is -2.29. The molecule has 0 unspecified atom stereocenters. The van der Waals surface area contributed by atoms with Crippen molar-refractivity contribution in [3.63, 3.8) is 0 Å². The molecule has 134 valence electrons. The number of aromatic amines is 2. The Hall–Kier alpha value is -2.69. The molecule has 5 rings (SSSR count). The number of aromatic hydroxyl groups is 1. The summed E-state index contributed by atoms with van der Waals surface area (Å²) < 4.78 is 0. The molecule has 0 saturated heterocycles. The maximum atomic E-state index is 10.2. The van der Waals surface area contributed by atoms with Crippen LogP contribution >= 0.6 is 0 Å². The fourth-order valence-corrected chi connectivity index (χ4v) is 4.25. The third-order valence-corrected chi connectivity index (χ3v) is 6.01. The SMILES string of the molecule is C=C(c1cc2c(O)cc(C)cc2[nH]1)N1CCc2[nH]nc(C3CCC3)c2C1. The maximum Gasteiger partial charge on any atom is 0.125 e. The third-order valence-electron chi connectivity index (χ3n) is 6.01. The van der Waals surface area contributed by atoms with Gasteiger partial charge in [-0.25, -0.2) is 0 Å². The minimum atomic E-state index is 0.318. The lowest BCUT2D eigenvalue weighted by atomic mass is 9.80. The van der Waals surface area contributed by atoms with Crippen LogP contribution in [-0.2, 0) is 13.0 Å². The number of benzene rings is 1. The van der Waals surface area contributed by atoms with E-state index in [9.17, 15) is 5.11 Å². The van der Waals surface area contributed by atoms with E-state index in [-0.39, 0.29) is 0 Å². The van der Waals surface area contributed by atoms with Crippen LogP contribution in [0, 0.1) is 6.92 Å². The number of hydrogen-bond acceptors (Lipinski definition) is 3. The van der Waals surface area contributed by atoms with Gasteiger partial charge in [-0.3, -0.25) is 5.10 Å². The number of H-pyrrole nitrogens is 2. The van der Waals surface area contributed by atoms with Gasteiger partial charge in [0.05, 0.1) is 17.1 Å². The van der Waals surface area contributed by atoms with Crippen LogP contribution in [-0.4, -0.2) is 31.7 Å². The Morgan fingerprint density at radius 1 is 1.31 bits per heavy atom. The van der Waals surface area contributed by atoms with Crippen molar-refractivity contribution in [1.29, 1.82) is 0 Å². The van der Waals surface area contributed by atoms with Gasteiger partial charge in [-0.05, 0) is 43.5 Å². The molecule has 3 N–H and O–H groups in total. The highest BCUT2D eigenvalue weighted by molar-refractivity contribution is 5.89. The van der Waals surface area contributed by atoms with Crippen molar-refractivity contribution in [2.45, 2.75) is 45.1 Å². The number of phenolic OH excluding ortho intramolecular Hbond substituents is 1. The first-order valence-electron chi connectivity index (χ1n) is 9.42. The van der Waals surface area contributed by atoms with Crippen LogP contribution in [0.5, 0.6) is 5.75 Å². The Labute approximate surface area is 152 Å². The number of fused-ring (bicyclic) bond motifs is 2. The minimum Gasteiger partial charge on any atom is -0.507 e. The van der Waals surface area contributed by atoms with Gasteiger partial charge >= 0.3 is 0 Å². The number of nitrogens with one attached hydrogen (secondary N) is 2. The zero-order valence-electron chi connectivity index (χ0n) is 15.1. The normalized spacial score (nSPS) is 17.3. The van der Waals surface area contributed by atoms with E-state index in [0.29, 0.717) is 11.7 Å². The van der Waals surface area contributed by atoms with Crippen LogP contribution in [0.3, 0.4) is 0 Å². The van der Waals surface area contributed by atoms with E-state index in [4.69, 9.17) is 0 Å². The molecule has 1 fully saturated rings. The molecule has 0 amide bonds. The molecule has 1 aliphatic carbocycles. The molecule has 0 bridgehead atoms. The first-order valence-corrected chi connectivity index (χ1v) is 9.42. The molecule has 3 heterocycles. The Morgan fingerprint density at radius 3 is 2.92 bits per heavy atom. The van der Waals surface area contributed by atoms with E-state index < -0.39 is 0 Å². The van der Waals surface area contributed by atoms with Crippen molar-refractivity contribution >= 4 is 16.6 Å². The van der Waals surface area contributed by atoms with E-state index in [2.05, 4.69) is 32.7 Å². The second-order valence-electron chi connectivity index (χ2n) is 7.74. The van der Waals surface area contributed by atoms with Crippen LogP contribution in [0.1, 0.15) is 53.4 Å². The fraction of sp³-hybridized carbons (Fsp3) is 0.381. The number of phenols is 1. The van der Waals surface area contributed by atoms with Gasteiger partial charge in [0.15, 0.2) is 0 Å². The highest BCUT2D eigenvalue weighted by Crippen LogP contribution is 2.39. The molecular weight excluding hydrogens is 324 g/mol. The van der Waals surface area contributed by atoms with Gasteiger partial charge in [0, 0.05) is 47.6 Å². The van der Waals surface area contributed by atoms with Gasteiger partial charge in [-0.2, -0.15) is 5.10 Å². The maximum absolute atomic E-state index is 10.2. The minimum absolute atomic E-state index is 0.318. The number of nitrogens with zero attached hydrogens (tertiary/aromatic N) is 2. The van der Waals surface area contributed by atoms with E-state index in [0.717, 1.165) is 47.4 Å². The summed E-state index contributed by atoms with van der Waals surface area (Å²) in [6.45, 7) is 8.12. The van der Waals surface area contributed by atoms with Crippen molar-refractivity contribution in [2.75, 3.05) is 6.54 Å². The molecule has 2 aromatic heterocycles. The molecule has 5 heteroatoms. The molecule has 1 saturated carbocycles. The largest absolute Gasteiger partial charge is 0.507 e. The number of aromatic nitrogens is 3. The van der Waals surface area contributed by atoms with Gasteiger partial charge in [-0.15, -0.1) is 0 Å². The molecular formula is C21H24N4O. The fourth-order valence-electron chi connectivity index (χ4n) is 4.25. The zero-order valence-corrected chi connectivity index (χ0v) is 15.1. The molecule has 26 heavy (non-hydrogen) atoms. The lowest BCUT2D eigenvalue weighted by Gasteiger charge is -2.32. The van der Waals surface area contributed by atoms with Gasteiger partial charge in [0.25, 0.3) is 0 Å². The Bertz CT molecular complexity index is 1010. The summed E-state index contributed by atoms with van der Waals surface area (Å²) in [5.74, 6) is 0.953. The van der Waals surface area contributed by atoms with Crippen molar-refractivity contribution < 1.29 is 5.11 Å². The quantitative estimate of drug-likeness (QED) is 0.664. The summed E-state index contributed by atoms with van der Waals surface area (Å²) in [5, 5.41) is 18.9. The molecule has 2 aliphatic rings. The number of hydrogen-bond donors (Lipinski definition) is 3. The summed E-state index contributed by atoms with van der Waals surface area (Å²) in [6, 6.07) is 5.86. The van der Waals surface area contributed by atoms with E-state index in [1.165, 1.54) is 36.2 Å². The monoisotopic (exact) mass is 348 g/mol. The van der Waals surface area contributed by atoms with Crippen LogP contribution in [0.4, 0.5) is 0 Å². The summed E-state index contributed by atoms with van der Waals surface area (Å²) >= 11 is 0. The van der Waals surface area contributed by atoms with Crippen molar-refractivity contribution in [1.82, 2.24) is 20.1 Å². The first kappa shape index (κ1) is 15.6. The lowest BCUT2D eigenvalue weighted by molar-refractivity contribution is 0.360. The average molecular weight is 348 g/mol. The zero-order chi connectivity index (χ0) is 17.8. The molecule has 0 spiro atoms. The predicted octanol–water partition coefficient (Wildman–Crippen LogP) is 4.20. The number of rotatable bonds is 3. The van der Waals surface area contributed by atoms with Gasteiger partial charge in [0.2, 0.25) is 0 Å². The second-order valence-corrected chi connectivity index (χ2v) is 7.74. The highest BCUT2D eigenvalue weighted by atomic mass is 16.3. The van der Waals surface area contributed by atoms with E-state index >= 15 is 0 Å². The molecule has 1 aromatic carbocycles. The summed E-state index contributed by atoms with van der Waals surface area (Å²) in [4.78, 5) is 5.76. The van der Waals surface area contributed by atoms with Gasteiger partial charge < -0.3 is 15.0 Å². The Balaban J connectivity index is 1.45. The highest BCUT2D eigenvalue weighted by Gasteiger charge is 2.30. The van der Waals surface area contributed by atoms with Crippen molar-refractivity contribution in [3.8, 4) is 5.75 Å². The predicted molar refractivity (Wildman–Crippen MR) is 103 cm³/mol. The molecule has 3 aromatic rings. The standard InChI is InChI=1S/C21H24N4O/c1-12-8-19-15(20(26)9-12)10-18(22-19)13(2)25-7-6-17-16(11-25)21(24-23-17)14-4-3-5-14/h8-10,14,22,26H,2-7,11H2,1H3,(H,23,24). The van der Waals surface area contributed by atoms with E-state index in [1.807, 2.05) is 13.0 Å². The average Bonchev–Trinajstić information content (AvgIpc) is 3.17. The Kier molecular flexibility index (Phi) is 3.39. The molecule has 0 atom stereocenters.